The standard InChI is InChI=1S/C18H29NO/c1-13-11-15(20-5)9-10-16(13)17-8-6-7-14(17)12-19-18(2,3)4/h9-11,14,17,19H,6-8,12H2,1-5H3. The van der Waals surface area contributed by atoms with Gasteiger partial charge in [-0.1, -0.05) is 12.5 Å². The zero-order valence-corrected chi connectivity index (χ0v) is 13.6. The summed E-state index contributed by atoms with van der Waals surface area (Å²) < 4.78 is 5.32. The van der Waals surface area contributed by atoms with Crippen LogP contribution >= 0.6 is 0 Å². The molecule has 1 aromatic rings. The highest BCUT2D eigenvalue weighted by Crippen LogP contribution is 2.41. The average molecular weight is 275 g/mol. The molecule has 0 aromatic heterocycles. The van der Waals surface area contributed by atoms with Crippen LogP contribution in [-0.4, -0.2) is 19.2 Å². The van der Waals surface area contributed by atoms with Crippen LogP contribution in [0.5, 0.6) is 5.75 Å². The first-order chi connectivity index (χ1) is 9.40. The van der Waals surface area contributed by atoms with E-state index in [1.54, 1.807) is 7.11 Å². The molecule has 0 radical (unpaired) electrons. The number of nitrogens with one attached hydrogen (secondary N) is 1. The number of hydrogen-bond acceptors (Lipinski definition) is 2. The van der Waals surface area contributed by atoms with E-state index in [9.17, 15) is 0 Å². The Bertz CT molecular complexity index is 447. The molecule has 1 aliphatic rings. The topological polar surface area (TPSA) is 21.3 Å². The van der Waals surface area contributed by atoms with Crippen LogP contribution in [0.25, 0.3) is 0 Å². The summed E-state index contributed by atoms with van der Waals surface area (Å²) in [4.78, 5) is 0. The van der Waals surface area contributed by atoms with Crippen LogP contribution in [0.3, 0.4) is 0 Å². The van der Waals surface area contributed by atoms with Gasteiger partial charge in [-0.05, 0) is 82.2 Å². The minimum Gasteiger partial charge on any atom is -0.497 e. The van der Waals surface area contributed by atoms with Gasteiger partial charge in [0.15, 0.2) is 0 Å². The molecule has 0 amide bonds. The van der Waals surface area contributed by atoms with E-state index >= 15 is 0 Å². The first-order valence-electron chi connectivity index (χ1n) is 7.80. The lowest BCUT2D eigenvalue weighted by atomic mass is 9.86. The highest BCUT2D eigenvalue weighted by atomic mass is 16.5. The maximum atomic E-state index is 5.32. The second-order valence-corrected chi connectivity index (χ2v) is 7.15. The van der Waals surface area contributed by atoms with E-state index in [1.807, 2.05) is 0 Å². The molecule has 112 valence electrons. The van der Waals surface area contributed by atoms with Crippen LogP contribution in [0.4, 0.5) is 0 Å². The van der Waals surface area contributed by atoms with Gasteiger partial charge in [-0.2, -0.15) is 0 Å². The molecule has 1 saturated carbocycles. The van der Waals surface area contributed by atoms with Gasteiger partial charge in [0.25, 0.3) is 0 Å². The Hall–Kier alpha value is -1.02. The first-order valence-corrected chi connectivity index (χ1v) is 7.80. The minimum absolute atomic E-state index is 0.210. The van der Waals surface area contributed by atoms with Gasteiger partial charge in [0, 0.05) is 5.54 Å². The second kappa shape index (κ2) is 6.17. The molecule has 2 rings (SSSR count). The summed E-state index contributed by atoms with van der Waals surface area (Å²) in [7, 11) is 1.74. The number of ether oxygens (including phenoxy) is 1. The Balaban J connectivity index is 2.10. The van der Waals surface area contributed by atoms with Gasteiger partial charge < -0.3 is 10.1 Å². The van der Waals surface area contributed by atoms with Gasteiger partial charge in [0.05, 0.1) is 7.11 Å². The summed E-state index contributed by atoms with van der Waals surface area (Å²) in [6, 6.07) is 6.55. The van der Waals surface area contributed by atoms with E-state index in [1.165, 1.54) is 30.4 Å². The average Bonchev–Trinajstić information content (AvgIpc) is 2.83. The normalized spacial score (nSPS) is 23.1. The van der Waals surface area contributed by atoms with Crippen molar-refractivity contribution in [1.29, 1.82) is 0 Å². The van der Waals surface area contributed by atoms with Gasteiger partial charge >= 0.3 is 0 Å². The lowest BCUT2D eigenvalue weighted by Gasteiger charge is -2.27. The molecule has 0 saturated heterocycles. The fourth-order valence-electron chi connectivity index (χ4n) is 3.32. The van der Waals surface area contributed by atoms with E-state index in [-0.39, 0.29) is 5.54 Å². The van der Waals surface area contributed by atoms with Crippen molar-refractivity contribution < 1.29 is 4.74 Å². The second-order valence-electron chi connectivity index (χ2n) is 7.15. The molecule has 0 heterocycles. The summed E-state index contributed by atoms with van der Waals surface area (Å²) in [5.74, 6) is 2.44. The summed E-state index contributed by atoms with van der Waals surface area (Å²) in [5, 5.41) is 3.68. The molecule has 1 aromatic carbocycles. The largest absolute Gasteiger partial charge is 0.497 e. The van der Waals surface area contributed by atoms with Crippen molar-refractivity contribution in [3.05, 3.63) is 29.3 Å². The van der Waals surface area contributed by atoms with Crippen molar-refractivity contribution in [2.75, 3.05) is 13.7 Å². The maximum Gasteiger partial charge on any atom is 0.119 e. The Morgan fingerprint density at radius 2 is 2.00 bits per heavy atom. The fraction of sp³-hybridized carbons (Fsp3) is 0.667. The molecule has 1 aliphatic carbocycles. The third-order valence-electron chi connectivity index (χ3n) is 4.43. The molecule has 1 N–H and O–H groups in total. The van der Waals surface area contributed by atoms with Gasteiger partial charge in [-0.25, -0.2) is 0 Å². The minimum atomic E-state index is 0.210. The van der Waals surface area contributed by atoms with Gasteiger partial charge in [-0.3, -0.25) is 0 Å². The Labute approximate surface area is 123 Å². The van der Waals surface area contributed by atoms with Crippen LogP contribution in [0.15, 0.2) is 18.2 Å². The van der Waals surface area contributed by atoms with E-state index in [4.69, 9.17) is 4.74 Å². The molecule has 20 heavy (non-hydrogen) atoms. The van der Waals surface area contributed by atoms with Crippen LogP contribution in [0, 0.1) is 12.8 Å². The number of rotatable bonds is 4. The van der Waals surface area contributed by atoms with E-state index in [0.29, 0.717) is 5.92 Å². The smallest absolute Gasteiger partial charge is 0.119 e. The van der Waals surface area contributed by atoms with Gasteiger partial charge in [0.1, 0.15) is 5.75 Å². The lowest BCUT2D eigenvalue weighted by molar-refractivity contribution is 0.356. The number of benzene rings is 1. The van der Waals surface area contributed by atoms with Gasteiger partial charge in [-0.15, -0.1) is 0 Å². The third-order valence-corrected chi connectivity index (χ3v) is 4.43. The van der Waals surface area contributed by atoms with Crippen LogP contribution in [-0.2, 0) is 0 Å². The third kappa shape index (κ3) is 3.76. The predicted molar refractivity (Wildman–Crippen MR) is 85.6 cm³/mol. The summed E-state index contributed by atoms with van der Waals surface area (Å²) in [6.07, 6.45) is 4.02. The summed E-state index contributed by atoms with van der Waals surface area (Å²) in [5.41, 5.74) is 3.10. The molecule has 2 unspecified atom stereocenters. The molecule has 1 fully saturated rings. The number of aryl methyl sites for hydroxylation is 1. The molecule has 0 bridgehead atoms. The van der Waals surface area contributed by atoms with Crippen molar-refractivity contribution in [2.24, 2.45) is 5.92 Å². The highest BCUT2D eigenvalue weighted by molar-refractivity contribution is 5.37. The van der Waals surface area contributed by atoms with E-state index < -0.39 is 0 Å². The Morgan fingerprint density at radius 3 is 2.60 bits per heavy atom. The van der Waals surface area contributed by atoms with E-state index in [0.717, 1.165) is 18.2 Å². The first kappa shape index (κ1) is 15.4. The van der Waals surface area contributed by atoms with Crippen molar-refractivity contribution in [2.45, 2.75) is 58.4 Å². The predicted octanol–water partition coefficient (Wildman–Crippen LogP) is 4.28. The highest BCUT2D eigenvalue weighted by Gasteiger charge is 2.30. The number of hydrogen-bond donors (Lipinski definition) is 1. The van der Waals surface area contributed by atoms with Crippen LogP contribution in [0.1, 0.15) is 57.1 Å². The number of methoxy groups -OCH3 is 1. The molecule has 2 heteroatoms. The fourth-order valence-corrected chi connectivity index (χ4v) is 3.32. The Morgan fingerprint density at radius 1 is 1.25 bits per heavy atom. The molecule has 0 aliphatic heterocycles. The lowest BCUT2D eigenvalue weighted by Crippen LogP contribution is -2.39. The monoisotopic (exact) mass is 275 g/mol. The maximum absolute atomic E-state index is 5.32. The van der Waals surface area contributed by atoms with Gasteiger partial charge in [0.2, 0.25) is 0 Å². The molecule has 0 spiro atoms. The van der Waals surface area contributed by atoms with Crippen molar-refractivity contribution in [3.63, 3.8) is 0 Å². The van der Waals surface area contributed by atoms with Crippen molar-refractivity contribution >= 4 is 0 Å². The van der Waals surface area contributed by atoms with Crippen molar-refractivity contribution in [3.8, 4) is 5.75 Å². The van der Waals surface area contributed by atoms with Crippen LogP contribution in [0.2, 0.25) is 0 Å². The SMILES string of the molecule is COc1ccc(C2CCCC2CNC(C)(C)C)c(C)c1. The summed E-state index contributed by atoms with van der Waals surface area (Å²) >= 11 is 0. The summed E-state index contributed by atoms with van der Waals surface area (Å²) in [6.45, 7) is 10.1. The molecular weight excluding hydrogens is 246 g/mol. The molecular formula is C18H29NO. The zero-order valence-electron chi connectivity index (χ0n) is 13.6. The van der Waals surface area contributed by atoms with Crippen LogP contribution < -0.4 is 10.1 Å². The quantitative estimate of drug-likeness (QED) is 0.885. The molecule has 2 atom stereocenters. The van der Waals surface area contributed by atoms with E-state index in [2.05, 4.69) is 51.2 Å². The zero-order chi connectivity index (χ0) is 14.8. The van der Waals surface area contributed by atoms with Crippen molar-refractivity contribution in [1.82, 2.24) is 5.32 Å². The molecule has 2 nitrogen and oxygen atoms in total. The Kier molecular flexibility index (Phi) is 4.74.